The molecule has 9 heteroatoms. The summed E-state index contributed by atoms with van der Waals surface area (Å²) in [5.74, 6) is -0.920. The van der Waals surface area contributed by atoms with Gasteiger partial charge < -0.3 is 25.0 Å². The molecule has 0 atom stereocenters. The van der Waals surface area contributed by atoms with E-state index >= 15 is 0 Å². The lowest BCUT2D eigenvalue weighted by molar-refractivity contribution is -0.274. The Morgan fingerprint density at radius 1 is 1.11 bits per heavy atom. The summed E-state index contributed by atoms with van der Waals surface area (Å²) in [7, 11) is 1.45. The predicted octanol–water partition coefficient (Wildman–Crippen LogP) is 5.30. The second kappa shape index (κ2) is 10.4. The first-order valence-corrected chi connectivity index (χ1v) is 11.0. The van der Waals surface area contributed by atoms with Crippen molar-refractivity contribution < 1.29 is 37.7 Å². The van der Waals surface area contributed by atoms with E-state index in [9.17, 15) is 28.2 Å². The Bertz CT molecular complexity index is 1150. The van der Waals surface area contributed by atoms with Gasteiger partial charge in [0, 0.05) is 23.4 Å². The summed E-state index contributed by atoms with van der Waals surface area (Å²) in [4.78, 5) is 11.9. The second-order valence-corrected chi connectivity index (χ2v) is 8.74. The molecule has 0 amide bonds. The standard InChI is InChI=1S/C26H28F3NO5/c1-25(2,24(32)33)22-13-18(12-19(15-31)23(22)34-3)17-7-9-20(10-8-17)30-14-16-5-4-6-21(11-16)35-26(27,28)29/h4-7,9,11-13,30-31H,8,10,14-15H2,1-3H3,(H,32,33). The van der Waals surface area contributed by atoms with Crippen LogP contribution in [0.5, 0.6) is 11.5 Å². The minimum Gasteiger partial charge on any atom is -0.496 e. The number of aliphatic carboxylic acids is 1. The van der Waals surface area contributed by atoms with Crippen LogP contribution in [0.4, 0.5) is 13.2 Å². The maximum Gasteiger partial charge on any atom is 0.573 e. The van der Waals surface area contributed by atoms with Gasteiger partial charge in [-0.2, -0.15) is 0 Å². The molecule has 0 saturated heterocycles. The molecule has 0 bridgehead atoms. The highest BCUT2D eigenvalue weighted by Gasteiger charge is 2.34. The number of hydrogen-bond acceptors (Lipinski definition) is 5. The van der Waals surface area contributed by atoms with Gasteiger partial charge in [0.25, 0.3) is 0 Å². The van der Waals surface area contributed by atoms with Crippen molar-refractivity contribution in [3.63, 3.8) is 0 Å². The number of hydrogen-bond donors (Lipinski definition) is 3. The summed E-state index contributed by atoms with van der Waals surface area (Å²) in [6, 6.07) is 9.39. The number of alkyl halides is 3. The second-order valence-electron chi connectivity index (χ2n) is 8.74. The van der Waals surface area contributed by atoms with Crippen molar-refractivity contribution in [3.8, 4) is 11.5 Å². The van der Waals surface area contributed by atoms with E-state index in [0.29, 0.717) is 41.8 Å². The van der Waals surface area contributed by atoms with E-state index in [1.807, 2.05) is 12.2 Å². The van der Waals surface area contributed by atoms with Crippen LogP contribution in [0.1, 0.15) is 48.9 Å². The van der Waals surface area contributed by atoms with Crippen LogP contribution in [0.15, 0.2) is 54.2 Å². The largest absolute Gasteiger partial charge is 0.573 e. The summed E-state index contributed by atoms with van der Waals surface area (Å²) < 4.78 is 46.7. The smallest absolute Gasteiger partial charge is 0.496 e. The topological polar surface area (TPSA) is 88.0 Å². The molecule has 2 aromatic rings. The Kier molecular flexibility index (Phi) is 7.80. The number of carboxylic acids is 1. The molecule has 3 N–H and O–H groups in total. The molecule has 2 aromatic carbocycles. The van der Waals surface area contributed by atoms with Crippen molar-refractivity contribution in [3.05, 3.63) is 76.5 Å². The molecule has 0 unspecified atom stereocenters. The third kappa shape index (κ3) is 6.36. The van der Waals surface area contributed by atoms with Crippen molar-refractivity contribution in [2.45, 2.75) is 51.6 Å². The zero-order chi connectivity index (χ0) is 25.8. The Morgan fingerprint density at radius 3 is 2.43 bits per heavy atom. The van der Waals surface area contributed by atoms with Gasteiger partial charge in [-0.25, -0.2) is 0 Å². The molecule has 6 nitrogen and oxygen atoms in total. The van der Waals surface area contributed by atoms with E-state index in [0.717, 1.165) is 16.8 Å². The van der Waals surface area contributed by atoms with Gasteiger partial charge in [-0.3, -0.25) is 4.79 Å². The van der Waals surface area contributed by atoms with Crippen LogP contribution in [0.2, 0.25) is 0 Å². The lowest BCUT2D eigenvalue weighted by Crippen LogP contribution is -2.29. The van der Waals surface area contributed by atoms with Gasteiger partial charge in [0.05, 0.1) is 19.1 Å². The minimum atomic E-state index is -4.74. The lowest BCUT2D eigenvalue weighted by Gasteiger charge is -2.26. The van der Waals surface area contributed by atoms with Crippen molar-refractivity contribution >= 4 is 11.5 Å². The zero-order valence-corrected chi connectivity index (χ0v) is 19.7. The molecule has 0 spiro atoms. The number of nitrogens with one attached hydrogen (secondary N) is 1. The predicted molar refractivity (Wildman–Crippen MR) is 125 cm³/mol. The molecule has 1 aliphatic carbocycles. The number of halogens is 3. The Morgan fingerprint density at radius 2 is 1.86 bits per heavy atom. The normalized spacial score (nSPS) is 14.1. The molecule has 0 aromatic heterocycles. The van der Waals surface area contributed by atoms with Gasteiger partial charge in [-0.15, -0.1) is 13.2 Å². The highest BCUT2D eigenvalue weighted by molar-refractivity contribution is 5.83. The van der Waals surface area contributed by atoms with E-state index < -0.39 is 17.7 Å². The van der Waals surface area contributed by atoms with Gasteiger partial charge in [0.1, 0.15) is 11.5 Å². The fourth-order valence-corrected chi connectivity index (χ4v) is 3.91. The number of aliphatic hydroxyl groups excluding tert-OH is 1. The van der Waals surface area contributed by atoms with E-state index in [4.69, 9.17) is 4.74 Å². The average Bonchev–Trinajstić information content (AvgIpc) is 2.81. The summed E-state index contributed by atoms with van der Waals surface area (Å²) in [5, 5.41) is 22.8. The summed E-state index contributed by atoms with van der Waals surface area (Å²) in [6.07, 6.45) is 0.369. The fraction of sp³-hybridized carbons (Fsp3) is 0.346. The van der Waals surface area contributed by atoms with Crippen molar-refractivity contribution in [2.24, 2.45) is 0 Å². The Balaban J connectivity index is 1.80. The lowest BCUT2D eigenvalue weighted by atomic mass is 9.80. The van der Waals surface area contributed by atoms with Crippen LogP contribution in [0.3, 0.4) is 0 Å². The number of ether oxygens (including phenoxy) is 2. The fourth-order valence-electron chi connectivity index (χ4n) is 3.91. The van der Waals surface area contributed by atoms with E-state index in [1.165, 1.54) is 25.3 Å². The minimum absolute atomic E-state index is 0.268. The molecule has 3 rings (SSSR count). The molecule has 35 heavy (non-hydrogen) atoms. The third-order valence-corrected chi connectivity index (χ3v) is 5.92. The first kappa shape index (κ1) is 26.2. The maximum atomic E-state index is 12.4. The highest BCUT2D eigenvalue weighted by atomic mass is 19.4. The van der Waals surface area contributed by atoms with E-state index in [1.54, 1.807) is 32.0 Å². The molecule has 1 aliphatic rings. The molecule has 0 radical (unpaired) electrons. The molecular formula is C26H28F3NO5. The van der Waals surface area contributed by atoms with Crippen LogP contribution in [0, 0.1) is 0 Å². The van der Waals surface area contributed by atoms with Crippen LogP contribution in [0.25, 0.3) is 5.57 Å². The molecule has 188 valence electrons. The third-order valence-electron chi connectivity index (χ3n) is 5.92. The highest BCUT2D eigenvalue weighted by Crippen LogP contribution is 2.39. The summed E-state index contributed by atoms with van der Waals surface area (Å²) >= 11 is 0. The molecule has 0 fully saturated rings. The van der Waals surface area contributed by atoms with Crippen molar-refractivity contribution in [2.75, 3.05) is 7.11 Å². The van der Waals surface area contributed by atoms with Gasteiger partial charge in [0.15, 0.2) is 0 Å². The van der Waals surface area contributed by atoms with Gasteiger partial charge in [-0.05, 0) is 73.7 Å². The van der Waals surface area contributed by atoms with Crippen molar-refractivity contribution in [1.29, 1.82) is 0 Å². The number of methoxy groups -OCH3 is 1. The van der Waals surface area contributed by atoms with Gasteiger partial charge in [0.2, 0.25) is 0 Å². The SMILES string of the molecule is COc1c(CO)cc(C2=CC=C(NCc3cccc(OC(F)(F)F)c3)CC2)cc1C(C)(C)C(=O)O. The van der Waals surface area contributed by atoms with Crippen LogP contribution >= 0.6 is 0 Å². The number of benzene rings is 2. The molecular weight excluding hydrogens is 463 g/mol. The van der Waals surface area contributed by atoms with E-state index in [-0.39, 0.29) is 12.4 Å². The van der Waals surface area contributed by atoms with Crippen LogP contribution in [-0.4, -0.2) is 29.7 Å². The summed E-state index contributed by atoms with van der Waals surface area (Å²) in [5.41, 5.74) is 3.08. The Labute approximate surface area is 201 Å². The number of rotatable bonds is 9. The number of allylic oxidation sites excluding steroid dienone is 4. The quantitative estimate of drug-likeness (QED) is 0.441. The average molecular weight is 492 g/mol. The first-order valence-electron chi connectivity index (χ1n) is 11.0. The Hall–Kier alpha value is -3.46. The van der Waals surface area contributed by atoms with Gasteiger partial charge in [-0.1, -0.05) is 18.2 Å². The molecule has 0 heterocycles. The van der Waals surface area contributed by atoms with E-state index in [2.05, 4.69) is 10.1 Å². The monoisotopic (exact) mass is 491 g/mol. The number of carbonyl (C=O) groups is 1. The van der Waals surface area contributed by atoms with Crippen molar-refractivity contribution in [1.82, 2.24) is 5.32 Å². The van der Waals surface area contributed by atoms with Crippen LogP contribution < -0.4 is 14.8 Å². The first-order chi connectivity index (χ1) is 16.4. The molecule has 0 saturated carbocycles. The maximum absolute atomic E-state index is 12.4. The zero-order valence-electron chi connectivity index (χ0n) is 19.7. The number of aliphatic hydroxyl groups is 1. The number of carboxylic acid groups (broad SMARTS) is 1. The van der Waals surface area contributed by atoms with Crippen LogP contribution in [-0.2, 0) is 23.4 Å². The van der Waals surface area contributed by atoms with Gasteiger partial charge >= 0.3 is 12.3 Å². The summed E-state index contributed by atoms with van der Waals surface area (Å²) in [6.45, 7) is 3.21. The molecule has 0 aliphatic heterocycles.